The second-order valence-corrected chi connectivity index (χ2v) is 6.88. The van der Waals surface area contributed by atoms with E-state index in [2.05, 4.69) is 25.7 Å². The first kappa shape index (κ1) is 23.1. The fraction of sp³-hybridized carbons (Fsp3) is 1.00. The monoisotopic (exact) mass is 324 g/mol. The smallest absolute Gasteiger partial charge is 0.264 e. The van der Waals surface area contributed by atoms with Gasteiger partial charge < -0.3 is 10.6 Å². The molecule has 1 aliphatic carbocycles. The molecule has 5 nitrogen and oxygen atoms in total. The Hall–Kier alpha value is -0.170. The predicted octanol–water partition coefficient (Wildman–Crippen LogP) is 2.91. The summed E-state index contributed by atoms with van der Waals surface area (Å²) in [6.45, 7) is 11.8. The average molecular weight is 325 g/mol. The maximum atomic E-state index is 9.79. The summed E-state index contributed by atoms with van der Waals surface area (Å²) < 4.78 is 27.6. The topological polar surface area (TPSA) is 83.6 Å². The molecule has 21 heavy (non-hydrogen) atoms. The molecule has 1 rings (SSSR count). The van der Waals surface area contributed by atoms with Gasteiger partial charge in [-0.2, -0.15) is 8.42 Å². The van der Waals surface area contributed by atoms with Crippen molar-refractivity contribution in [2.75, 3.05) is 25.4 Å². The Kier molecular flexibility index (Phi) is 16.2. The standard InChI is InChI=1S/C6H13N.C6H15N.C3H8O3S/c7-6-4-2-1-3-5-6;1-4-7(5-2)6-3;1-2-3-7(4,5)6/h6H,1-5,7H2;4-6H2,1-3H3;2-3H2,1H3,(H,4,5,6). The molecule has 6 heteroatoms. The Labute approximate surface area is 132 Å². The molecule has 0 aromatic rings. The third-order valence-corrected chi connectivity index (χ3v) is 4.38. The van der Waals surface area contributed by atoms with Crippen LogP contribution < -0.4 is 5.73 Å². The Morgan fingerprint density at radius 3 is 1.52 bits per heavy atom. The van der Waals surface area contributed by atoms with Crippen LogP contribution in [0, 0.1) is 0 Å². The van der Waals surface area contributed by atoms with Gasteiger partial charge in [0.25, 0.3) is 10.1 Å². The summed E-state index contributed by atoms with van der Waals surface area (Å²) >= 11 is 0. The van der Waals surface area contributed by atoms with E-state index in [9.17, 15) is 8.42 Å². The predicted molar refractivity (Wildman–Crippen MR) is 91.2 cm³/mol. The molecule has 1 saturated carbocycles. The third kappa shape index (κ3) is 19.8. The Bertz CT molecular complexity index is 293. The summed E-state index contributed by atoms with van der Waals surface area (Å²) in [7, 11) is -3.67. The lowest BCUT2D eigenvalue weighted by Crippen LogP contribution is -2.22. The van der Waals surface area contributed by atoms with Crippen LogP contribution in [0.1, 0.15) is 66.2 Å². The lowest BCUT2D eigenvalue weighted by atomic mass is 9.97. The zero-order valence-corrected chi connectivity index (χ0v) is 15.2. The van der Waals surface area contributed by atoms with Gasteiger partial charge in [-0.15, -0.1) is 0 Å². The van der Waals surface area contributed by atoms with E-state index < -0.39 is 10.1 Å². The number of hydrogen-bond acceptors (Lipinski definition) is 4. The van der Waals surface area contributed by atoms with Crippen LogP contribution in [0.2, 0.25) is 0 Å². The molecule has 0 bridgehead atoms. The Balaban J connectivity index is 0. The molecule has 0 amide bonds. The normalized spacial score (nSPS) is 15.8. The van der Waals surface area contributed by atoms with E-state index in [0.29, 0.717) is 12.5 Å². The highest BCUT2D eigenvalue weighted by molar-refractivity contribution is 7.85. The van der Waals surface area contributed by atoms with Crippen LogP contribution in [0.4, 0.5) is 0 Å². The van der Waals surface area contributed by atoms with E-state index in [4.69, 9.17) is 10.3 Å². The molecule has 0 atom stereocenters. The zero-order chi connectivity index (χ0) is 16.7. The van der Waals surface area contributed by atoms with Gasteiger partial charge in [0.05, 0.1) is 5.75 Å². The van der Waals surface area contributed by atoms with E-state index >= 15 is 0 Å². The highest BCUT2D eigenvalue weighted by atomic mass is 32.2. The Morgan fingerprint density at radius 2 is 1.43 bits per heavy atom. The highest BCUT2D eigenvalue weighted by Crippen LogP contribution is 2.14. The molecule has 0 aliphatic heterocycles. The van der Waals surface area contributed by atoms with Gasteiger partial charge in [0.2, 0.25) is 0 Å². The molecule has 0 unspecified atom stereocenters. The molecule has 3 N–H and O–H groups in total. The van der Waals surface area contributed by atoms with E-state index in [-0.39, 0.29) is 5.75 Å². The maximum Gasteiger partial charge on any atom is 0.264 e. The molecule has 1 aliphatic rings. The molecular weight excluding hydrogens is 288 g/mol. The van der Waals surface area contributed by atoms with Gasteiger partial charge in [-0.05, 0) is 38.9 Å². The molecular formula is C15H36N2O3S. The van der Waals surface area contributed by atoms with Gasteiger partial charge in [0, 0.05) is 6.04 Å². The van der Waals surface area contributed by atoms with Crippen LogP contribution in [0.5, 0.6) is 0 Å². The van der Waals surface area contributed by atoms with Gasteiger partial charge in [-0.25, -0.2) is 0 Å². The van der Waals surface area contributed by atoms with E-state index in [1.807, 2.05) is 0 Å². The molecule has 0 spiro atoms. The molecule has 0 aromatic heterocycles. The number of nitrogens with zero attached hydrogens (tertiary/aromatic N) is 1. The minimum absolute atomic E-state index is 0.132. The third-order valence-electron chi connectivity index (χ3n) is 3.45. The van der Waals surface area contributed by atoms with Crippen molar-refractivity contribution < 1.29 is 13.0 Å². The molecule has 0 aromatic carbocycles. The summed E-state index contributed by atoms with van der Waals surface area (Å²) in [6, 6.07) is 0.536. The van der Waals surface area contributed by atoms with Crippen LogP contribution >= 0.6 is 0 Å². The summed E-state index contributed by atoms with van der Waals surface area (Å²) in [5, 5.41) is 0. The van der Waals surface area contributed by atoms with E-state index in [0.717, 1.165) is 0 Å². The first-order valence-electron chi connectivity index (χ1n) is 8.23. The molecule has 0 radical (unpaired) electrons. The molecule has 130 valence electrons. The van der Waals surface area contributed by atoms with Crippen molar-refractivity contribution in [2.24, 2.45) is 5.73 Å². The second kappa shape index (κ2) is 14.8. The van der Waals surface area contributed by atoms with E-state index in [1.54, 1.807) is 6.92 Å². The van der Waals surface area contributed by atoms with Gasteiger partial charge in [0.15, 0.2) is 0 Å². The van der Waals surface area contributed by atoms with Crippen LogP contribution in [0.3, 0.4) is 0 Å². The number of rotatable bonds is 5. The first-order valence-corrected chi connectivity index (χ1v) is 9.84. The van der Waals surface area contributed by atoms with Crippen molar-refractivity contribution in [3.63, 3.8) is 0 Å². The van der Waals surface area contributed by atoms with Crippen molar-refractivity contribution in [3.05, 3.63) is 0 Å². The van der Waals surface area contributed by atoms with Crippen molar-refractivity contribution in [1.29, 1.82) is 0 Å². The van der Waals surface area contributed by atoms with Crippen molar-refractivity contribution in [3.8, 4) is 0 Å². The van der Waals surface area contributed by atoms with Gasteiger partial charge in [-0.3, -0.25) is 4.55 Å². The lowest BCUT2D eigenvalue weighted by Gasteiger charge is -2.15. The molecule has 1 fully saturated rings. The van der Waals surface area contributed by atoms with Gasteiger partial charge >= 0.3 is 0 Å². The van der Waals surface area contributed by atoms with Crippen molar-refractivity contribution >= 4 is 10.1 Å². The van der Waals surface area contributed by atoms with Gasteiger partial charge in [0.1, 0.15) is 0 Å². The summed E-state index contributed by atoms with van der Waals surface area (Å²) in [6.07, 6.45) is 7.13. The summed E-state index contributed by atoms with van der Waals surface area (Å²) in [4.78, 5) is 2.38. The van der Waals surface area contributed by atoms with Crippen molar-refractivity contribution in [2.45, 2.75) is 72.3 Å². The van der Waals surface area contributed by atoms with Crippen LogP contribution in [-0.2, 0) is 10.1 Å². The number of hydrogen-bond donors (Lipinski definition) is 2. The molecule has 0 saturated heterocycles. The van der Waals surface area contributed by atoms with Gasteiger partial charge in [-0.1, -0.05) is 47.0 Å². The maximum absolute atomic E-state index is 9.79. The fourth-order valence-electron chi connectivity index (χ4n) is 2.06. The average Bonchev–Trinajstić information content (AvgIpc) is 2.42. The van der Waals surface area contributed by atoms with Crippen LogP contribution in [0.25, 0.3) is 0 Å². The number of nitrogens with two attached hydrogens (primary N) is 1. The zero-order valence-electron chi connectivity index (χ0n) is 14.3. The quantitative estimate of drug-likeness (QED) is 0.760. The highest BCUT2D eigenvalue weighted by Gasteiger charge is 2.06. The summed E-state index contributed by atoms with van der Waals surface area (Å²) in [5.41, 5.74) is 5.63. The second-order valence-electron chi connectivity index (χ2n) is 5.30. The van der Waals surface area contributed by atoms with Crippen molar-refractivity contribution in [1.82, 2.24) is 4.90 Å². The first-order chi connectivity index (χ1) is 9.80. The molecule has 0 heterocycles. The van der Waals surface area contributed by atoms with Crippen LogP contribution in [0.15, 0.2) is 0 Å². The van der Waals surface area contributed by atoms with Crippen LogP contribution in [-0.4, -0.2) is 49.3 Å². The Morgan fingerprint density at radius 1 is 1.00 bits per heavy atom. The SMILES string of the molecule is CCCS(=O)(=O)O.CCN(CC)CC.NC1CCCCC1. The minimum atomic E-state index is -3.67. The lowest BCUT2D eigenvalue weighted by molar-refractivity contribution is 0.321. The fourth-order valence-corrected chi connectivity index (χ4v) is 2.58. The minimum Gasteiger partial charge on any atom is -0.328 e. The van der Waals surface area contributed by atoms with E-state index in [1.165, 1.54) is 51.7 Å². The summed E-state index contributed by atoms with van der Waals surface area (Å²) in [5.74, 6) is -0.132. The largest absolute Gasteiger partial charge is 0.328 e.